The number of rotatable bonds is 2. The van der Waals surface area contributed by atoms with E-state index in [0.717, 1.165) is 17.0 Å². The van der Waals surface area contributed by atoms with Crippen LogP contribution in [0.4, 0.5) is 0 Å². The lowest BCUT2D eigenvalue weighted by molar-refractivity contribution is -0.480. The highest BCUT2D eigenvalue weighted by atomic mass is 32.1. The second kappa shape index (κ2) is 4.33. The quantitative estimate of drug-likeness (QED) is 0.599. The number of nitrogens with zero attached hydrogens (tertiary/aromatic N) is 2. The number of aliphatic hydroxyl groups is 1. The second-order valence-electron chi connectivity index (χ2n) is 3.08. The minimum Gasteiger partial charge on any atom is -0.426 e. The Bertz CT molecular complexity index is 474. The molecule has 0 saturated heterocycles. The van der Waals surface area contributed by atoms with Crippen LogP contribution >= 0.6 is 0 Å². The smallest absolute Gasteiger partial charge is 0.216 e. The van der Waals surface area contributed by atoms with E-state index in [9.17, 15) is 5.11 Å². The van der Waals surface area contributed by atoms with Crippen LogP contribution in [0.3, 0.4) is 0 Å². The molecule has 0 radical (unpaired) electrons. The fourth-order valence-corrected chi connectivity index (χ4v) is 1.63. The van der Waals surface area contributed by atoms with E-state index >= 15 is 0 Å². The standard InChI is InChI=1S/C11H10N2OS/c14-8-9-4-3-6-12-11(9)10-5-1-2-7-13(10)15/h1-7,14H,8H2. The lowest BCUT2D eigenvalue weighted by atomic mass is 10.1. The average molecular weight is 218 g/mol. The Balaban J connectivity index is 2.59. The molecule has 0 saturated carbocycles. The molecule has 0 aliphatic carbocycles. The molecule has 1 N–H and O–H groups in total. The van der Waals surface area contributed by atoms with Crippen molar-refractivity contribution in [3.05, 3.63) is 48.3 Å². The molecule has 2 rings (SSSR count). The van der Waals surface area contributed by atoms with Gasteiger partial charge in [-0.2, -0.15) is 0 Å². The molecule has 2 aromatic heterocycles. The molecule has 0 spiro atoms. The van der Waals surface area contributed by atoms with Crippen molar-refractivity contribution in [3.63, 3.8) is 0 Å². The Labute approximate surface area is 93.6 Å². The van der Waals surface area contributed by atoms with Crippen LogP contribution in [-0.4, -0.2) is 10.1 Å². The third kappa shape index (κ3) is 1.95. The maximum absolute atomic E-state index is 9.19. The molecule has 3 nitrogen and oxygen atoms in total. The SMILES string of the molecule is OCc1cccnc1-c1cccc[n+]1[S-]. The highest BCUT2D eigenvalue weighted by Crippen LogP contribution is 2.16. The number of aromatic nitrogens is 2. The first kappa shape index (κ1) is 10.0. The first-order valence-electron chi connectivity index (χ1n) is 4.56. The molecule has 0 aliphatic heterocycles. The van der Waals surface area contributed by atoms with Crippen molar-refractivity contribution in [3.8, 4) is 11.4 Å². The summed E-state index contributed by atoms with van der Waals surface area (Å²) in [6, 6.07) is 9.27. The molecule has 0 aromatic carbocycles. The number of hydrogen-bond donors (Lipinski definition) is 1. The van der Waals surface area contributed by atoms with Gasteiger partial charge in [-0.3, -0.25) is 3.97 Å². The van der Waals surface area contributed by atoms with Crippen LogP contribution in [0.1, 0.15) is 5.56 Å². The van der Waals surface area contributed by atoms with Crippen molar-refractivity contribution < 1.29 is 9.08 Å². The van der Waals surface area contributed by atoms with Gasteiger partial charge in [0.2, 0.25) is 5.69 Å². The van der Waals surface area contributed by atoms with E-state index in [1.54, 1.807) is 22.4 Å². The van der Waals surface area contributed by atoms with Gasteiger partial charge in [0.05, 0.1) is 6.61 Å². The molecule has 76 valence electrons. The summed E-state index contributed by atoms with van der Waals surface area (Å²) in [5, 5.41) is 9.19. The van der Waals surface area contributed by atoms with Crippen LogP contribution in [-0.2, 0) is 19.4 Å². The minimum atomic E-state index is -0.0343. The molecular formula is C11H10N2OS. The minimum absolute atomic E-state index is 0.0343. The van der Waals surface area contributed by atoms with Crippen LogP contribution in [0.2, 0.25) is 0 Å². The summed E-state index contributed by atoms with van der Waals surface area (Å²) in [6.07, 6.45) is 3.47. The summed E-state index contributed by atoms with van der Waals surface area (Å²) in [5.41, 5.74) is 2.33. The molecule has 15 heavy (non-hydrogen) atoms. The normalized spacial score (nSPS) is 10.2. The Morgan fingerprint density at radius 3 is 2.87 bits per heavy atom. The van der Waals surface area contributed by atoms with E-state index < -0.39 is 0 Å². The highest BCUT2D eigenvalue weighted by molar-refractivity contribution is 7.51. The lowest BCUT2D eigenvalue weighted by Gasteiger charge is -2.07. The average Bonchev–Trinajstić information content (AvgIpc) is 2.30. The van der Waals surface area contributed by atoms with Gasteiger partial charge >= 0.3 is 0 Å². The fourth-order valence-electron chi connectivity index (χ4n) is 1.41. The Morgan fingerprint density at radius 1 is 1.27 bits per heavy atom. The molecule has 0 amide bonds. The third-order valence-electron chi connectivity index (χ3n) is 2.13. The molecule has 0 atom stereocenters. The van der Waals surface area contributed by atoms with Gasteiger partial charge in [-0.25, -0.2) is 4.98 Å². The van der Waals surface area contributed by atoms with Crippen LogP contribution < -0.4 is 3.97 Å². The first-order chi connectivity index (χ1) is 7.33. The van der Waals surface area contributed by atoms with Crippen molar-refractivity contribution in [1.82, 2.24) is 4.98 Å². The summed E-state index contributed by atoms with van der Waals surface area (Å²) in [4.78, 5) is 4.23. The van der Waals surface area contributed by atoms with Crippen molar-refractivity contribution in [2.45, 2.75) is 6.61 Å². The number of hydrogen-bond acceptors (Lipinski definition) is 3. The molecule has 0 aliphatic rings. The van der Waals surface area contributed by atoms with Crippen LogP contribution in [0.5, 0.6) is 0 Å². The third-order valence-corrected chi connectivity index (χ3v) is 2.45. The van der Waals surface area contributed by atoms with E-state index in [4.69, 9.17) is 12.8 Å². The summed E-state index contributed by atoms with van der Waals surface area (Å²) < 4.78 is 1.57. The van der Waals surface area contributed by atoms with Crippen LogP contribution in [0.15, 0.2) is 42.7 Å². The molecule has 0 unspecified atom stereocenters. The first-order valence-corrected chi connectivity index (χ1v) is 4.93. The molecule has 2 aromatic rings. The van der Waals surface area contributed by atoms with Gasteiger partial charge in [0.25, 0.3) is 0 Å². The molecule has 0 fully saturated rings. The highest BCUT2D eigenvalue weighted by Gasteiger charge is 2.11. The Kier molecular flexibility index (Phi) is 2.89. The zero-order valence-corrected chi connectivity index (χ0v) is 8.81. The van der Waals surface area contributed by atoms with Gasteiger partial charge in [-0.1, -0.05) is 6.07 Å². The Morgan fingerprint density at radius 2 is 2.13 bits per heavy atom. The predicted molar refractivity (Wildman–Crippen MR) is 58.6 cm³/mol. The monoisotopic (exact) mass is 218 g/mol. The molecular weight excluding hydrogens is 208 g/mol. The second-order valence-corrected chi connectivity index (χ2v) is 3.47. The van der Waals surface area contributed by atoms with Crippen molar-refractivity contribution in [2.75, 3.05) is 0 Å². The zero-order chi connectivity index (χ0) is 10.7. The van der Waals surface area contributed by atoms with Gasteiger partial charge in [-0.05, 0) is 12.1 Å². The van der Waals surface area contributed by atoms with Gasteiger partial charge < -0.3 is 17.9 Å². The van der Waals surface area contributed by atoms with Gasteiger partial charge in [0.1, 0.15) is 5.69 Å². The zero-order valence-electron chi connectivity index (χ0n) is 8.00. The largest absolute Gasteiger partial charge is 0.426 e. The van der Waals surface area contributed by atoms with Crippen molar-refractivity contribution in [1.29, 1.82) is 0 Å². The van der Waals surface area contributed by atoms with Gasteiger partial charge in [-0.15, -0.1) is 0 Å². The summed E-state index contributed by atoms with van der Waals surface area (Å²) in [6.45, 7) is -0.0343. The fraction of sp³-hybridized carbons (Fsp3) is 0.0909. The number of pyridine rings is 2. The maximum atomic E-state index is 9.19. The maximum Gasteiger partial charge on any atom is 0.216 e. The molecule has 0 bridgehead atoms. The molecule has 4 heteroatoms. The summed E-state index contributed by atoms with van der Waals surface area (Å²) in [5.74, 6) is 0. The van der Waals surface area contributed by atoms with Gasteiger partial charge in [0.15, 0.2) is 6.20 Å². The van der Waals surface area contributed by atoms with E-state index in [-0.39, 0.29) is 6.61 Å². The van der Waals surface area contributed by atoms with Crippen molar-refractivity contribution >= 4 is 12.8 Å². The summed E-state index contributed by atoms with van der Waals surface area (Å²) >= 11 is 5.14. The van der Waals surface area contributed by atoms with Crippen molar-refractivity contribution in [2.24, 2.45) is 0 Å². The van der Waals surface area contributed by atoms with E-state index in [0.29, 0.717) is 0 Å². The lowest BCUT2D eigenvalue weighted by Crippen LogP contribution is -2.29. The molecule has 2 heterocycles. The number of aliphatic hydroxyl groups excluding tert-OH is 1. The Hall–Kier alpha value is -1.52. The topological polar surface area (TPSA) is 37.0 Å². The van der Waals surface area contributed by atoms with Crippen LogP contribution in [0, 0.1) is 0 Å². The summed E-state index contributed by atoms with van der Waals surface area (Å²) in [7, 11) is 0. The van der Waals surface area contributed by atoms with E-state index in [2.05, 4.69) is 4.98 Å². The van der Waals surface area contributed by atoms with E-state index in [1.807, 2.05) is 24.3 Å². The van der Waals surface area contributed by atoms with Crippen LogP contribution in [0.25, 0.3) is 11.4 Å². The van der Waals surface area contributed by atoms with E-state index in [1.165, 1.54) is 0 Å². The van der Waals surface area contributed by atoms with Gasteiger partial charge in [0, 0.05) is 23.9 Å². The predicted octanol–water partition coefficient (Wildman–Crippen LogP) is 0.838.